The van der Waals surface area contributed by atoms with Crippen molar-refractivity contribution in [2.75, 3.05) is 7.11 Å². The average Bonchev–Trinajstić information content (AvgIpc) is 2.15. The van der Waals surface area contributed by atoms with Gasteiger partial charge in [-0.15, -0.1) is 0 Å². The van der Waals surface area contributed by atoms with Crippen molar-refractivity contribution in [2.45, 2.75) is 6.43 Å². The minimum Gasteiger partial charge on any atom is -0.496 e. The van der Waals surface area contributed by atoms with E-state index in [0.29, 0.717) is 0 Å². The molecular formula is C8H6F2INO3. The molecule has 0 unspecified atom stereocenters. The van der Waals surface area contributed by atoms with Gasteiger partial charge in [0.1, 0.15) is 9.45 Å². The lowest BCUT2D eigenvalue weighted by molar-refractivity contribution is 0.0688. The predicted octanol–water partition coefficient (Wildman–Crippen LogP) is 2.33. The fourth-order valence-corrected chi connectivity index (χ4v) is 1.74. The molecule has 1 aromatic rings. The summed E-state index contributed by atoms with van der Waals surface area (Å²) in [4.78, 5) is 14.1. The zero-order valence-electron chi connectivity index (χ0n) is 7.50. The van der Waals surface area contributed by atoms with Crippen molar-refractivity contribution in [3.05, 3.63) is 21.0 Å². The van der Waals surface area contributed by atoms with Gasteiger partial charge in [-0.05, 0) is 22.6 Å². The fraction of sp³-hybridized carbons (Fsp3) is 0.250. The molecule has 0 spiro atoms. The highest BCUT2D eigenvalue weighted by molar-refractivity contribution is 14.1. The quantitative estimate of drug-likeness (QED) is 0.683. The number of pyridine rings is 1. The molecule has 0 aliphatic rings. The van der Waals surface area contributed by atoms with E-state index in [1.165, 1.54) is 7.11 Å². The molecule has 82 valence electrons. The number of methoxy groups -OCH3 is 1. The number of nitrogens with zero attached hydrogens (tertiary/aromatic N) is 1. The highest BCUT2D eigenvalue weighted by Crippen LogP contribution is 2.32. The van der Waals surface area contributed by atoms with E-state index in [1.807, 2.05) is 0 Å². The Hall–Kier alpha value is -0.990. The van der Waals surface area contributed by atoms with E-state index in [1.54, 1.807) is 22.6 Å². The first-order valence-electron chi connectivity index (χ1n) is 3.73. The summed E-state index contributed by atoms with van der Waals surface area (Å²) in [6, 6.07) is 0.978. The smallest absolute Gasteiger partial charge is 0.354 e. The molecule has 1 N–H and O–H groups in total. The Labute approximate surface area is 97.4 Å². The molecule has 0 aliphatic carbocycles. The molecular weight excluding hydrogens is 323 g/mol. The van der Waals surface area contributed by atoms with Crippen molar-refractivity contribution in [3.63, 3.8) is 0 Å². The zero-order valence-corrected chi connectivity index (χ0v) is 9.66. The number of carboxylic acid groups (broad SMARTS) is 1. The number of aromatic nitrogens is 1. The first-order valence-corrected chi connectivity index (χ1v) is 4.81. The molecule has 0 atom stereocenters. The molecule has 4 nitrogen and oxygen atoms in total. The fourth-order valence-electron chi connectivity index (χ4n) is 0.978. The highest BCUT2D eigenvalue weighted by Gasteiger charge is 2.21. The largest absolute Gasteiger partial charge is 0.496 e. The Bertz CT molecular complexity index is 398. The van der Waals surface area contributed by atoms with E-state index >= 15 is 0 Å². The minimum atomic E-state index is -2.75. The maximum atomic E-state index is 12.5. The molecule has 1 heterocycles. The van der Waals surface area contributed by atoms with Gasteiger partial charge in [-0.25, -0.2) is 18.6 Å². The number of rotatable bonds is 3. The SMILES string of the molecule is COc1cc(C(=O)O)nc(I)c1C(F)F. The number of aromatic carboxylic acids is 1. The molecule has 1 rings (SSSR count). The molecule has 1 aromatic heterocycles. The van der Waals surface area contributed by atoms with Crippen LogP contribution in [0.1, 0.15) is 22.5 Å². The lowest BCUT2D eigenvalue weighted by atomic mass is 10.2. The maximum absolute atomic E-state index is 12.5. The van der Waals surface area contributed by atoms with E-state index < -0.39 is 12.4 Å². The summed E-state index contributed by atoms with van der Waals surface area (Å²) in [5.74, 6) is -1.45. The number of ether oxygens (including phenoxy) is 1. The second-order valence-electron chi connectivity index (χ2n) is 2.52. The Morgan fingerprint density at radius 1 is 1.67 bits per heavy atom. The van der Waals surface area contributed by atoms with Crippen LogP contribution in [0.4, 0.5) is 8.78 Å². The third-order valence-electron chi connectivity index (χ3n) is 1.63. The third kappa shape index (κ3) is 2.52. The second-order valence-corrected chi connectivity index (χ2v) is 3.54. The number of halogens is 3. The predicted molar refractivity (Wildman–Crippen MR) is 55.4 cm³/mol. The molecule has 0 amide bonds. The molecule has 0 aromatic carbocycles. The Morgan fingerprint density at radius 3 is 2.67 bits per heavy atom. The van der Waals surface area contributed by atoms with Crippen molar-refractivity contribution >= 4 is 28.6 Å². The third-order valence-corrected chi connectivity index (χ3v) is 2.45. The molecule has 0 aliphatic heterocycles. The van der Waals surface area contributed by atoms with Gasteiger partial charge in [0.15, 0.2) is 5.69 Å². The number of carboxylic acids is 1. The molecule has 0 bridgehead atoms. The van der Waals surface area contributed by atoms with Gasteiger partial charge in [-0.1, -0.05) is 0 Å². The van der Waals surface area contributed by atoms with Gasteiger partial charge < -0.3 is 9.84 Å². The molecule has 0 saturated carbocycles. The van der Waals surface area contributed by atoms with Crippen LogP contribution in [-0.2, 0) is 0 Å². The molecule has 7 heteroatoms. The number of alkyl halides is 2. The Kier molecular flexibility index (Phi) is 3.77. The summed E-state index contributed by atoms with van der Waals surface area (Å²) >= 11 is 1.55. The first kappa shape index (κ1) is 12.1. The van der Waals surface area contributed by atoms with Crippen LogP contribution in [0, 0.1) is 3.70 Å². The summed E-state index contributed by atoms with van der Waals surface area (Å²) in [7, 11) is 1.20. The summed E-state index contributed by atoms with van der Waals surface area (Å²) in [6.07, 6.45) is -2.75. The van der Waals surface area contributed by atoms with Crippen LogP contribution in [-0.4, -0.2) is 23.2 Å². The number of hydrogen-bond acceptors (Lipinski definition) is 3. The van der Waals surface area contributed by atoms with E-state index in [4.69, 9.17) is 9.84 Å². The molecule has 0 radical (unpaired) electrons. The topological polar surface area (TPSA) is 59.4 Å². The summed E-state index contributed by atoms with van der Waals surface area (Å²) in [5, 5.41) is 8.65. The van der Waals surface area contributed by atoms with Crippen molar-refractivity contribution in [3.8, 4) is 5.75 Å². The highest BCUT2D eigenvalue weighted by atomic mass is 127. The van der Waals surface area contributed by atoms with E-state index in [2.05, 4.69) is 4.98 Å². The Morgan fingerprint density at radius 2 is 2.27 bits per heavy atom. The van der Waals surface area contributed by atoms with E-state index in [0.717, 1.165) is 6.07 Å². The van der Waals surface area contributed by atoms with Gasteiger partial charge in [-0.2, -0.15) is 0 Å². The van der Waals surface area contributed by atoms with Crippen LogP contribution >= 0.6 is 22.6 Å². The number of hydrogen-bond donors (Lipinski definition) is 1. The van der Waals surface area contributed by atoms with Crippen LogP contribution in [0.2, 0.25) is 0 Å². The van der Waals surface area contributed by atoms with Crippen LogP contribution in [0.5, 0.6) is 5.75 Å². The summed E-state index contributed by atoms with van der Waals surface area (Å²) in [6.45, 7) is 0. The monoisotopic (exact) mass is 329 g/mol. The average molecular weight is 329 g/mol. The van der Waals surface area contributed by atoms with Gasteiger partial charge in [-0.3, -0.25) is 0 Å². The van der Waals surface area contributed by atoms with Crippen LogP contribution in [0.15, 0.2) is 6.07 Å². The maximum Gasteiger partial charge on any atom is 0.354 e. The first-order chi connectivity index (χ1) is 6.97. The van der Waals surface area contributed by atoms with Crippen molar-refractivity contribution < 1.29 is 23.4 Å². The van der Waals surface area contributed by atoms with Crippen LogP contribution < -0.4 is 4.74 Å². The summed E-state index contributed by atoms with van der Waals surface area (Å²) in [5.41, 5.74) is -0.705. The van der Waals surface area contributed by atoms with Gasteiger partial charge >= 0.3 is 5.97 Å². The zero-order chi connectivity index (χ0) is 11.6. The van der Waals surface area contributed by atoms with Gasteiger partial charge in [0.2, 0.25) is 0 Å². The lowest BCUT2D eigenvalue weighted by Crippen LogP contribution is -2.06. The van der Waals surface area contributed by atoms with Crippen molar-refractivity contribution in [1.29, 1.82) is 0 Å². The minimum absolute atomic E-state index is 0.0700. The van der Waals surface area contributed by atoms with Crippen LogP contribution in [0.3, 0.4) is 0 Å². The molecule has 15 heavy (non-hydrogen) atoms. The van der Waals surface area contributed by atoms with Gasteiger partial charge in [0.25, 0.3) is 6.43 Å². The van der Waals surface area contributed by atoms with Crippen LogP contribution in [0.25, 0.3) is 0 Å². The standard InChI is InChI=1S/C8H6F2INO3/c1-15-4-2-3(8(13)14)12-7(11)5(4)6(9)10/h2,6H,1H3,(H,13,14). The van der Waals surface area contributed by atoms with Crippen molar-refractivity contribution in [1.82, 2.24) is 4.98 Å². The summed E-state index contributed by atoms with van der Waals surface area (Å²) < 4.78 is 29.7. The van der Waals surface area contributed by atoms with Crippen molar-refractivity contribution in [2.24, 2.45) is 0 Å². The second kappa shape index (κ2) is 4.69. The van der Waals surface area contributed by atoms with Gasteiger partial charge in [0, 0.05) is 6.07 Å². The Balaban J connectivity index is 3.37. The number of carbonyl (C=O) groups is 1. The lowest BCUT2D eigenvalue weighted by Gasteiger charge is -2.09. The molecule has 0 saturated heterocycles. The van der Waals surface area contributed by atoms with Gasteiger partial charge in [0.05, 0.1) is 12.7 Å². The van der Waals surface area contributed by atoms with E-state index in [9.17, 15) is 13.6 Å². The van der Waals surface area contributed by atoms with E-state index in [-0.39, 0.29) is 20.7 Å². The normalized spacial score (nSPS) is 10.5. The molecule has 0 fully saturated rings.